The molecule has 3 nitrogen and oxygen atoms in total. The van der Waals surface area contributed by atoms with Gasteiger partial charge in [-0.25, -0.2) is 0 Å². The van der Waals surface area contributed by atoms with Crippen molar-refractivity contribution in [3.63, 3.8) is 0 Å². The van der Waals surface area contributed by atoms with Crippen LogP contribution in [0, 0.1) is 16.7 Å². The maximum atomic E-state index is 9.44. The molecule has 0 amide bonds. The van der Waals surface area contributed by atoms with Crippen molar-refractivity contribution >= 4 is 0 Å². The molecule has 1 aliphatic heterocycles. The molecule has 3 heteroatoms. The number of β-amino-alcohol motifs (C(OH)–C–C–N with tert-alkyl or cyclic N) is 1. The number of nitrogens with zero attached hydrogens (tertiary/aromatic N) is 2. The van der Waals surface area contributed by atoms with Crippen LogP contribution in [0.25, 0.3) is 0 Å². The van der Waals surface area contributed by atoms with Gasteiger partial charge in [0.1, 0.15) is 0 Å². The molecule has 1 atom stereocenters. The van der Waals surface area contributed by atoms with Gasteiger partial charge in [-0.1, -0.05) is 0 Å². The maximum absolute atomic E-state index is 9.44. The number of piperidine rings is 1. The summed E-state index contributed by atoms with van der Waals surface area (Å²) in [5.74, 6) is 0. The largest absolute Gasteiger partial charge is 0.392 e. The zero-order chi connectivity index (χ0) is 9.31. The van der Waals surface area contributed by atoms with Crippen molar-refractivity contribution in [3.8, 4) is 6.07 Å². The Hall–Kier alpha value is -0.590. The van der Waals surface area contributed by atoms with Crippen LogP contribution >= 0.6 is 0 Å². The van der Waals surface area contributed by atoms with Gasteiger partial charge in [0.15, 0.2) is 0 Å². The van der Waals surface area contributed by atoms with Gasteiger partial charge in [0.05, 0.1) is 17.6 Å². The first-order chi connectivity index (χ1) is 6.24. The van der Waals surface area contributed by atoms with E-state index in [1.165, 1.54) is 0 Å². The molecule has 1 heterocycles. The summed E-state index contributed by atoms with van der Waals surface area (Å²) in [6.45, 7) is 2.70. The first-order valence-electron chi connectivity index (χ1n) is 5.06. The number of hydrogen-bond donors (Lipinski definition) is 1. The summed E-state index contributed by atoms with van der Waals surface area (Å²) in [6, 6.07) is 2.39. The van der Waals surface area contributed by atoms with Crippen molar-refractivity contribution in [2.75, 3.05) is 19.6 Å². The van der Waals surface area contributed by atoms with E-state index >= 15 is 0 Å². The first-order valence-corrected chi connectivity index (χ1v) is 5.06. The van der Waals surface area contributed by atoms with Crippen LogP contribution < -0.4 is 0 Å². The summed E-state index contributed by atoms with van der Waals surface area (Å²) in [7, 11) is 0. The highest BCUT2D eigenvalue weighted by Crippen LogP contribution is 2.45. The van der Waals surface area contributed by atoms with Gasteiger partial charge in [-0.05, 0) is 32.2 Å². The van der Waals surface area contributed by atoms with Crippen LogP contribution in [-0.4, -0.2) is 35.7 Å². The van der Waals surface area contributed by atoms with E-state index in [0.29, 0.717) is 0 Å². The Morgan fingerprint density at radius 2 is 2.31 bits per heavy atom. The van der Waals surface area contributed by atoms with Gasteiger partial charge < -0.3 is 5.11 Å². The van der Waals surface area contributed by atoms with E-state index in [4.69, 9.17) is 5.26 Å². The number of nitriles is 1. The third kappa shape index (κ3) is 2.01. The van der Waals surface area contributed by atoms with Crippen LogP contribution in [0.4, 0.5) is 0 Å². The van der Waals surface area contributed by atoms with E-state index in [1.807, 2.05) is 0 Å². The summed E-state index contributed by atoms with van der Waals surface area (Å²) < 4.78 is 0. The monoisotopic (exact) mass is 180 g/mol. The summed E-state index contributed by atoms with van der Waals surface area (Å²) >= 11 is 0. The van der Waals surface area contributed by atoms with Crippen molar-refractivity contribution in [2.45, 2.75) is 31.8 Å². The van der Waals surface area contributed by atoms with E-state index in [2.05, 4.69) is 11.0 Å². The highest BCUT2D eigenvalue weighted by molar-refractivity contribution is 5.11. The lowest BCUT2D eigenvalue weighted by molar-refractivity contribution is 0.0641. The maximum Gasteiger partial charge on any atom is 0.0703 e. The van der Waals surface area contributed by atoms with E-state index in [-0.39, 0.29) is 11.5 Å². The third-order valence-corrected chi connectivity index (χ3v) is 3.10. The minimum absolute atomic E-state index is 0.0446. The number of aliphatic hydroxyl groups is 1. The van der Waals surface area contributed by atoms with Crippen molar-refractivity contribution in [1.29, 1.82) is 5.26 Å². The Kier molecular flexibility index (Phi) is 2.27. The SMILES string of the molecule is N#CC1(CN2CCC[C@H](O)C2)CC1. The Balaban J connectivity index is 1.85. The molecule has 1 saturated carbocycles. The van der Waals surface area contributed by atoms with E-state index < -0.39 is 0 Å². The van der Waals surface area contributed by atoms with Crippen LogP contribution in [0.3, 0.4) is 0 Å². The topological polar surface area (TPSA) is 47.3 Å². The molecule has 1 saturated heterocycles. The molecule has 2 aliphatic rings. The fourth-order valence-electron chi connectivity index (χ4n) is 2.06. The van der Waals surface area contributed by atoms with E-state index in [0.717, 1.165) is 45.3 Å². The van der Waals surface area contributed by atoms with Gasteiger partial charge in [0.2, 0.25) is 0 Å². The Morgan fingerprint density at radius 1 is 1.54 bits per heavy atom. The second kappa shape index (κ2) is 3.28. The summed E-state index contributed by atoms with van der Waals surface area (Å²) in [6.07, 6.45) is 3.94. The smallest absolute Gasteiger partial charge is 0.0703 e. The van der Waals surface area contributed by atoms with Crippen molar-refractivity contribution in [2.24, 2.45) is 5.41 Å². The molecule has 0 aromatic carbocycles. The molecular weight excluding hydrogens is 164 g/mol. The van der Waals surface area contributed by atoms with Crippen LogP contribution in [0.1, 0.15) is 25.7 Å². The Bertz CT molecular complexity index is 230. The molecule has 2 rings (SSSR count). The molecule has 0 spiro atoms. The third-order valence-electron chi connectivity index (χ3n) is 3.10. The average molecular weight is 180 g/mol. The average Bonchev–Trinajstić information content (AvgIpc) is 2.86. The molecule has 0 aromatic heterocycles. The molecule has 0 unspecified atom stereocenters. The van der Waals surface area contributed by atoms with Gasteiger partial charge in [-0.15, -0.1) is 0 Å². The predicted octanol–water partition coefficient (Wildman–Crippen LogP) is 0.747. The second-order valence-corrected chi connectivity index (χ2v) is 4.42. The minimum Gasteiger partial charge on any atom is -0.392 e. The summed E-state index contributed by atoms with van der Waals surface area (Å²) in [5.41, 5.74) is -0.0446. The minimum atomic E-state index is -0.164. The quantitative estimate of drug-likeness (QED) is 0.682. The summed E-state index contributed by atoms with van der Waals surface area (Å²) in [4.78, 5) is 2.24. The van der Waals surface area contributed by atoms with E-state index in [9.17, 15) is 5.11 Å². The predicted molar refractivity (Wildman–Crippen MR) is 49.0 cm³/mol. The Labute approximate surface area is 79.0 Å². The van der Waals surface area contributed by atoms with Crippen LogP contribution in [-0.2, 0) is 0 Å². The van der Waals surface area contributed by atoms with Gasteiger partial charge in [0, 0.05) is 13.1 Å². The van der Waals surface area contributed by atoms with Crippen LogP contribution in [0.5, 0.6) is 0 Å². The highest BCUT2D eigenvalue weighted by Gasteiger charge is 2.44. The Morgan fingerprint density at radius 3 is 2.85 bits per heavy atom. The number of rotatable bonds is 2. The number of aliphatic hydroxyl groups excluding tert-OH is 1. The lowest BCUT2D eigenvalue weighted by Crippen LogP contribution is -2.41. The number of hydrogen-bond acceptors (Lipinski definition) is 3. The highest BCUT2D eigenvalue weighted by atomic mass is 16.3. The van der Waals surface area contributed by atoms with E-state index in [1.54, 1.807) is 0 Å². The molecule has 2 fully saturated rings. The zero-order valence-electron chi connectivity index (χ0n) is 7.87. The molecule has 0 bridgehead atoms. The fraction of sp³-hybridized carbons (Fsp3) is 0.900. The van der Waals surface area contributed by atoms with Gasteiger partial charge in [0.25, 0.3) is 0 Å². The molecule has 72 valence electrons. The van der Waals surface area contributed by atoms with Gasteiger partial charge >= 0.3 is 0 Å². The zero-order valence-corrected chi connectivity index (χ0v) is 7.87. The van der Waals surface area contributed by atoms with Crippen molar-refractivity contribution in [3.05, 3.63) is 0 Å². The molecule has 13 heavy (non-hydrogen) atoms. The summed E-state index contributed by atoms with van der Waals surface area (Å²) in [5, 5.41) is 18.4. The molecule has 0 aromatic rings. The lowest BCUT2D eigenvalue weighted by atomic mass is 10.0. The van der Waals surface area contributed by atoms with Crippen molar-refractivity contribution in [1.82, 2.24) is 4.90 Å². The molecule has 1 N–H and O–H groups in total. The fourth-order valence-corrected chi connectivity index (χ4v) is 2.06. The molecule has 1 aliphatic carbocycles. The standard InChI is InChI=1S/C10H16N2O/c11-7-10(3-4-10)8-12-5-1-2-9(13)6-12/h9,13H,1-6,8H2/t9-/m0/s1. The van der Waals surface area contributed by atoms with Gasteiger partial charge in [-0.3, -0.25) is 4.90 Å². The van der Waals surface area contributed by atoms with Crippen LogP contribution in [0.15, 0.2) is 0 Å². The second-order valence-electron chi connectivity index (χ2n) is 4.42. The lowest BCUT2D eigenvalue weighted by Gasteiger charge is -2.31. The first kappa shape index (κ1) is 8.98. The number of likely N-dealkylation sites (tertiary alicyclic amines) is 1. The molecule has 0 radical (unpaired) electrons. The molecular formula is C10H16N2O. The van der Waals surface area contributed by atoms with Gasteiger partial charge in [-0.2, -0.15) is 5.26 Å². The van der Waals surface area contributed by atoms with Crippen LogP contribution in [0.2, 0.25) is 0 Å². The normalized spacial score (nSPS) is 32.5. The van der Waals surface area contributed by atoms with Crippen molar-refractivity contribution < 1.29 is 5.11 Å².